The third-order valence-corrected chi connectivity index (χ3v) is 5.16. The molecule has 0 aliphatic rings. The van der Waals surface area contributed by atoms with Gasteiger partial charge in [0.05, 0.1) is 23.6 Å². The van der Waals surface area contributed by atoms with Crippen LogP contribution in [0.4, 0.5) is 0 Å². The van der Waals surface area contributed by atoms with E-state index in [4.69, 9.17) is 4.74 Å². The van der Waals surface area contributed by atoms with Crippen LogP contribution in [0.25, 0.3) is 10.9 Å². The Labute approximate surface area is 162 Å². The number of carbonyl (C=O) groups is 1. The molecule has 3 aromatic rings. The topological polar surface area (TPSA) is 115 Å². The molecule has 144 valence electrons. The lowest BCUT2D eigenvalue weighted by molar-refractivity contribution is 0.0526. The summed E-state index contributed by atoms with van der Waals surface area (Å²) >= 11 is 0. The molecule has 28 heavy (non-hydrogen) atoms. The van der Waals surface area contributed by atoms with Crippen molar-refractivity contribution in [1.29, 1.82) is 5.26 Å². The molecule has 2 aromatic heterocycles. The molecule has 0 aliphatic heterocycles. The Hall–Kier alpha value is -3.25. The number of nitrogens with zero attached hydrogens (tertiary/aromatic N) is 4. The van der Waals surface area contributed by atoms with Gasteiger partial charge in [-0.1, -0.05) is 0 Å². The quantitative estimate of drug-likeness (QED) is 0.605. The Morgan fingerprint density at radius 3 is 2.71 bits per heavy atom. The number of ether oxygens (including phenoxy) is 1. The molecule has 0 saturated heterocycles. The molecule has 0 N–H and O–H groups in total. The van der Waals surface area contributed by atoms with E-state index in [1.165, 1.54) is 16.9 Å². The van der Waals surface area contributed by atoms with Crippen molar-refractivity contribution in [1.82, 2.24) is 14.8 Å². The lowest BCUT2D eigenvalue weighted by Gasteiger charge is -2.09. The highest BCUT2D eigenvalue weighted by Crippen LogP contribution is 2.25. The average Bonchev–Trinajstić information content (AvgIpc) is 3.03. The van der Waals surface area contributed by atoms with Crippen molar-refractivity contribution in [2.45, 2.75) is 25.3 Å². The highest BCUT2D eigenvalue weighted by atomic mass is 32.2. The first-order valence-corrected chi connectivity index (χ1v) is 10.4. The Balaban J connectivity index is 2.08. The number of aromatic nitrogens is 3. The Morgan fingerprint density at radius 1 is 1.32 bits per heavy atom. The number of aryl methyl sites for hydroxylation is 1. The van der Waals surface area contributed by atoms with Crippen LogP contribution in [0.1, 0.15) is 34.1 Å². The van der Waals surface area contributed by atoms with Crippen molar-refractivity contribution in [3.63, 3.8) is 0 Å². The summed E-state index contributed by atoms with van der Waals surface area (Å²) in [5.74, 6) is -0.625. The highest BCUT2D eigenvalue weighted by Gasteiger charge is 2.19. The number of fused-ring (bicyclic) bond motifs is 1. The number of pyridine rings is 1. The summed E-state index contributed by atoms with van der Waals surface area (Å²) < 4.78 is 30.8. The van der Waals surface area contributed by atoms with Crippen LogP contribution in [0, 0.1) is 18.3 Å². The molecule has 0 spiro atoms. The SMILES string of the molecule is CCOC(=O)c1cn(Cc2cc(S(C)(=O)=O)c3ncc(C)cc3c2)nc1C#N. The van der Waals surface area contributed by atoms with Crippen LogP contribution in [-0.2, 0) is 21.1 Å². The summed E-state index contributed by atoms with van der Waals surface area (Å²) in [5, 5.41) is 14.0. The van der Waals surface area contributed by atoms with Crippen LogP contribution >= 0.6 is 0 Å². The molecular formula is C19H18N4O4S. The van der Waals surface area contributed by atoms with Gasteiger partial charge < -0.3 is 4.74 Å². The fraction of sp³-hybridized carbons (Fsp3) is 0.263. The van der Waals surface area contributed by atoms with Gasteiger partial charge in [-0.25, -0.2) is 13.2 Å². The van der Waals surface area contributed by atoms with Crippen LogP contribution in [0.2, 0.25) is 0 Å². The summed E-state index contributed by atoms with van der Waals surface area (Å²) in [6, 6.07) is 7.09. The van der Waals surface area contributed by atoms with Crippen molar-refractivity contribution < 1.29 is 17.9 Å². The van der Waals surface area contributed by atoms with Gasteiger partial charge in [0.15, 0.2) is 15.5 Å². The van der Waals surface area contributed by atoms with Crippen LogP contribution in [0.15, 0.2) is 35.5 Å². The first-order valence-electron chi connectivity index (χ1n) is 8.47. The first kappa shape index (κ1) is 19.5. The van der Waals surface area contributed by atoms with Crippen molar-refractivity contribution in [3.8, 4) is 6.07 Å². The van der Waals surface area contributed by atoms with Gasteiger partial charge in [-0.2, -0.15) is 10.4 Å². The van der Waals surface area contributed by atoms with Gasteiger partial charge in [0, 0.05) is 24.0 Å². The Morgan fingerprint density at radius 2 is 2.07 bits per heavy atom. The van der Waals surface area contributed by atoms with Gasteiger partial charge in [-0.05, 0) is 43.2 Å². The van der Waals surface area contributed by atoms with Crippen molar-refractivity contribution in [3.05, 3.63) is 53.0 Å². The molecule has 0 atom stereocenters. The van der Waals surface area contributed by atoms with Gasteiger partial charge in [-0.15, -0.1) is 0 Å². The molecule has 9 heteroatoms. The predicted molar refractivity (Wildman–Crippen MR) is 102 cm³/mol. The summed E-state index contributed by atoms with van der Waals surface area (Å²) in [6.45, 7) is 3.91. The second-order valence-corrected chi connectivity index (χ2v) is 8.36. The highest BCUT2D eigenvalue weighted by molar-refractivity contribution is 7.91. The van der Waals surface area contributed by atoms with Gasteiger partial charge in [0.25, 0.3) is 0 Å². The van der Waals surface area contributed by atoms with E-state index in [1.807, 2.05) is 25.1 Å². The molecule has 0 saturated carbocycles. The number of sulfone groups is 1. The lowest BCUT2D eigenvalue weighted by Crippen LogP contribution is -2.06. The van der Waals surface area contributed by atoms with E-state index in [1.54, 1.807) is 13.1 Å². The first-order chi connectivity index (χ1) is 13.2. The summed E-state index contributed by atoms with van der Waals surface area (Å²) in [7, 11) is -3.50. The summed E-state index contributed by atoms with van der Waals surface area (Å²) in [5.41, 5.74) is 2.00. The molecule has 0 fully saturated rings. The third kappa shape index (κ3) is 3.87. The lowest BCUT2D eigenvalue weighted by atomic mass is 10.1. The second kappa shape index (κ2) is 7.40. The molecule has 0 unspecified atom stereocenters. The fourth-order valence-electron chi connectivity index (χ4n) is 2.89. The van der Waals surface area contributed by atoms with Crippen molar-refractivity contribution in [2.75, 3.05) is 12.9 Å². The molecule has 0 radical (unpaired) electrons. The van der Waals surface area contributed by atoms with Gasteiger partial charge in [0.2, 0.25) is 0 Å². The molecular weight excluding hydrogens is 380 g/mol. The van der Waals surface area contributed by atoms with Crippen molar-refractivity contribution in [2.24, 2.45) is 0 Å². The number of benzene rings is 1. The van der Waals surface area contributed by atoms with E-state index < -0.39 is 15.8 Å². The monoisotopic (exact) mass is 398 g/mol. The molecule has 0 aliphatic carbocycles. The minimum Gasteiger partial charge on any atom is -0.462 e. The summed E-state index contributed by atoms with van der Waals surface area (Å²) in [4.78, 5) is 16.4. The molecule has 1 aromatic carbocycles. The van der Waals surface area contributed by atoms with Crippen LogP contribution in [0.3, 0.4) is 0 Å². The van der Waals surface area contributed by atoms with E-state index in [0.29, 0.717) is 16.5 Å². The number of hydrogen-bond acceptors (Lipinski definition) is 7. The normalized spacial score (nSPS) is 11.4. The molecule has 2 heterocycles. The smallest absolute Gasteiger partial charge is 0.342 e. The van der Waals surface area contributed by atoms with Gasteiger partial charge in [-0.3, -0.25) is 9.67 Å². The largest absolute Gasteiger partial charge is 0.462 e. The van der Waals surface area contributed by atoms with E-state index >= 15 is 0 Å². The van der Waals surface area contributed by atoms with E-state index in [-0.39, 0.29) is 29.3 Å². The number of esters is 1. The van der Waals surface area contributed by atoms with E-state index in [9.17, 15) is 18.5 Å². The predicted octanol–water partition coefficient (Wildman–Crippen LogP) is 2.24. The Bertz CT molecular complexity index is 1220. The van der Waals surface area contributed by atoms with Crippen molar-refractivity contribution >= 4 is 26.7 Å². The Kier molecular flexibility index (Phi) is 5.16. The fourth-order valence-corrected chi connectivity index (χ4v) is 3.78. The standard InChI is InChI=1S/C19H18N4O4S/c1-4-27-19(24)15-11-23(22-16(15)8-20)10-13-6-14-5-12(2)9-21-18(14)17(7-13)28(3,25)26/h5-7,9,11H,4,10H2,1-3H3. The number of hydrogen-bond donors (Lipinski definition) is 0. The number of rotatable bonds is 5. The van der Waals surface area contributed by atoms with Crippen LogP contribution in [-0.4, -0.2) is 42.0 Å². The zero-order valence-corrected chi connectivity index (χ0v) is 16.4. The maximum Gasteiger partial charge on any atom is 0.342 e. The minimum atomic E-state index is -3.50. The zero-order chi connectivity index (χ0) is 20.5. The van der Waals surface area contributed by atoms with E-state index in [0.717, 1.165) is 11.8 Å². The maximum atomic E-state index is 12.2. The number of carbonyl (C=O) groups excluding carboxylic acids is 1. The average molecular weight is 398 g/mol. The molecule has 0 amide bonds. The molecule has 8 nitrogen and oxygen atoms in total. The zero-order valence-electron chi connectivity index (χ0n) is 15.6. The molecule has 3 rings (SSSR count). The van der Waals surface area contributed by atoms with Crippen LogP contribution < -0.4 is 0 Å². The molecule has 0 bridgehead atoms. The number of nitriles is 1. The second-order valence-electron chi connectivity index (χ2n) is 6.37. The van der Waals surface area contributed by atoms with E-state index in [2.05, 4.69) is 10.1 Å². The minimum absolute atomic E-state index is 0.0416. The third-order valence-electron chi connectivity index (χ3n) is 4.05. The van der Waals surface area contributed by atoms with Gasteiger partial charge in [0.1, 0.15) is 11.6 Å². The maximum absolute atomic E-state index is 12.2. The van der Waals surface area contributed by atoms with Gasteiger partial charge >= 0.3 is 5.97 Å². The summed E-state index contributed by atoms with van der Waals surface area (Å²) in [6.07, 6.45) is 4.18. The van der Waals surface area contributed by atoms with Crippen LogP contribution in [0.5, 0.6) is 0 Å².